The maximum absolute atomic E-state index is 13.3. The van der Waals surface area contributed by atoms with E-state index < -0.39 is 23.8 Å². The Morgan fingerprint density at radius 2 is 1.82 bits per heavy atom. The Bertz CT molecular complexity index is 842. The van der Waals surface area contributed by atoms with Gasteiger partial charge in [0.05, 0.1) is 19.3 Å². The highest BCUT2D eigenvalue weighted by molar-refractivity contribution is 6.38. The van der Waals surface area contributed by atoms with Crippen molar-refractivity contribution in [1.82, 2.24) is 5.32 Å². The van der Waals surface area contributed by atoms with Crippen molar-refractivity contribution in [3.8, 4) is 0 Å². The van der Waals surface area contributed by atoms with Crippen molar-refractivity contribution in [2.75, 3.05) is 13.2 Å². The van der Waals surface area contributed by atoms with E-state index in [1.165, 1.54) is 0 Å². The summed E-state index contributed by atoms with van der Waals surface area (Å²) in [6.45, 7) is 4.84. The number of carbonyl (C=O) groups excluding carboxylic acids is 4. The number of amides is 1. The van der Waals surface area contributed by atoms with Crippen LogP contribution in [0.4, 0.5) is 4.79 Å². The monoisotopic (exact) mass is 471 g/mol. The van der Waals surface area contributed by atoms with Crippen LogP contribution in [0.2, 0.25) is 0 Å². The predicted octanol–water partition coefficient (Wildman–Crippen LogP) is 4.06. The third-order valence-corrected chi connectivity index (χ3v) is 6.44. The molecule has 3 rings (SSSR count). The first-order valence-electron chi connectivity index (χ1n) is 12.5. The van der Waals surface area contributed by atoms with Crippen LogP contribution >= 0.6 is 0 Å². The molecule has 0 bridgehead atoms. The van der Waals surface area contributed by atoms with Crippen LogP contribution in [0, 0.1) is 17.8 Å². The molecule has 1 aromatic rings. The van der Waals surface area contributed by atoms with Gasteiger partial charge in [0.2, 0.25) is 5.78 Å². The Morgan fingerprint density at radius 3 is 2.44 bits per heavy atom. The highest BCUT2D eigenvalue weighted by Gasteiger charge is 2.34. The molecule has 0 aromatic heterocycles. The van der Waals surface area contributed by atoms with Crippen LogP contribution in [-0.2, 0) is 30.3 Å². The van der Waals surface area contributed by atoms with Crippen LogP contribution in [0.1, 0.15) is 64.4 Å². The minimum absolute atomic E-state index is 0.0632. The van der Waals surface area contributed by atoms with E-state index >= 15 is 0 Å². The second kappa shape index (κ2) is 12.8. The lowest BCUT2D eigenvalue weighted by Gasteiger charge is -2.23. The Hall–Kier alpha value is -2.54. The maximum Gasteiger partial charge on any atom is 0.408 e. The van der Waals surface area contributed by atoms with E-state index in [9.17, 15) is 19.2 Å². The van der Waals surface area contributed by atoms with Gasteiger partial charge in [-0.05, 0) is 49.5 Å². The molecule has 1 saturated carbocycles. The number of alkyl carbamates (subject to hydrolysis) is 1. The van der Waals surface area contributed by atoms with Crippen molar-refractivity contribution in [1.29, 1.82) is 0 Å². The summed E-state index contributed by atoms with van der Waals surface area (Å²) < 4.78 is 10.6. The summed E-state index contributed by atoms with van der Waals surface area (Å²) in [7, 11) is 0. The van der Waals surface area contributed by atoms with Gasteiger partial charge in [0.1, 0.15) is 6.10 Å². The van der Waals surface area contributed by atoms with Crippen molar-refractivity contribution in [2.24, 2.45) is 17.8 Å². The molecule has 3 atom stereocenters. The average molecular weight is 472 g/mol. The molecule has 0 unspecified atom stereocenters. The van der Waals surface area contributed by atoms with Gasteiger partial charge in [0.25, 0.3) is 0 Å². The Morgan fingerprint density at radius 1 is 1.09 bits per heavy atom. The third kappa shape index (κ3) is 8.67. The Kier molecular flexibility index (Phi) is 9.81. The molecule has 1 saturated heterocycles. The van der Waals surface area contributed by atoms with Crippen molar-refractivity contribution < 1.29 is 28.7 Å². The van der Waals surface area contributed by atoms with Gasteiger partial charge in [-0.1, -0.05) is 44.2 Å². The number of ketones is 3. The zero-order chi connectivity index (χ0) is 24.5. The van der Waals surface area contributed by atoms with Gasteiger partial charge in [-0.15, -0.1) is 0 Å². The van der Waals surface area contributed by atoms with Crippen LogP contribution in [0.25, 0.3) is 0 Å². The van der Waals surface area contributed by atoms with E-state index in [1.54, 1.807) is 0 Å². The first-order chi connectivity index (χ1) is 16.3. The number of carbonyl (C=O) groups is 4. The smallest absolute Gasteiger partial charge is 0.408 e. The molecule has 1 amide bonds. The SMILES string of the molecule is CC(C)C[C@H](NC(=O)O[C@H]1CCOC1)C(=O)C[C@@H](CCc1ccccc1)C(=O)C(=O)CC1CC1. The second-order valence-corrected chi connectivity index (χ2v) is 10.0. The quantitative estimate of drug-likeness (QED) is 0.411. The number of benzene rings is 1. The fourth-order valence-corrected chi connectivity index (χ4v) is 4.28. The van der Waals surface area contributed by atoms with Gasteiger partial charge >= 0.3 is 6.09 Å². The fourth-order valence-electron chi connectivity index (χ4n) is 4.28. The van der Waals surface area contributed by atoms with Gasteiger partial charge in [0, 0.05) is 25.2 Å². The topological polar surface area (TPSA) is 98.8 Å². The Labute approximate surface area is 202 Å². The standard InChI is InChI=1S/C27H37NO6/c1-18(2)14-23(28-27(32)34-22-12-13-33-17-22)24(29)16-21(11-10-19-6-4-3-5-7-19)26(31)25(30)15-20-8-9-20/h3-7,18,20-23H,8-17H2,1-2H3,(H,28,32)/t21-,22+,23+/m1/s1. The van der Waals surface area contributed by atoms with Crippen LogP contribution in [0.5, 0.6) is 0 Å². The number of hydrogen-bond acceptors (Lipinski definition) is 6. The molecule has 0 spiro atoms. The number of aryl methyl sites for hydroxylation is 1. The Balaban J connectivity index is 1.65. The van der Waals surface area contributed by atoms with Crippen LogP contribution in [0.3, 0.4) is 0 Å². The molecule has 2 fully saturated rings. The summed E-state index contributed by atoms with van der Waals surface area (Å²) in [5.41, 5.74) is 1.06. The lowest BCUT2D eigenvalue weighted by Crippen LogP contribution is -2.44. The number of nitrogens with one attached hydrogen (secondary N) is 1. The first-order valence-corrected chi connectivity index (χ1v) is 12.5. The van der Waals surface area contributed by atoms with E-state index in [0.29, 0.717) is 44.8 Å². The molecule has 1 N–H and O–H groups in total. The molecule has 1 aromatic carbocycles. The highest BCUT2D eigenvalue weighted by Crippen LogP contribution is 2.33. The van der Waals surface area contributed by atoms with Gasteiger partial charge in [-0.2, -0.15) is 0 Å². The van der Waals surface area contributed by atoms with Gasteiger partial charge in [-0.3, -0.25) is 14.4 Å². The summed E-state index contributed by atoms with van der Waals surface area (Å²) in [5.74, 6) is -1.29. The predicted molar refractivity (Wildman–Crippen MR) is 127 cm³/mol. The number of Topliss-reactive ketones (excluding diaryl/α,β-unsaturated/α-hetero) is 3. The molecule has 1 aliphatic carbocycles. The summed E-state index contributed by atoms with van der Waals surface area (Å²) in [5, 5.41) is 2.70. The van der Waals surface area contributed by atoms with E-state index in [-0.39, 0.29) is 36.4 Å². The third-order valence-electron chi connectivity index (χ3n) is 6.44. The summed E-state index contributed by atoms with van der Waals surface area (Å²) >= 11 is 0. The van der Waals surface area contributed by atoms with Crippen LogP contribution in [-0.4, -0.2) is 48.8 Å². The summed E-state index contributed by atoms with van der Waals surface area (Å²) in [6, 6.07) is 8.97. The molecule has 7 nitrogen and oxygen atoms in total. The molecule has 186 valence electrons. The van der Waals surface area contributed by atoms with Crippen molar-refractivity contribution in [3.05, 3.63) is 35.9 Å². The second-order valence-electron chi connectivity index (χ2n) is 10.0. The van der Waals surface area contributed by atoms with Crippen LogP contribution in [0.15, 0.2) is 30.3 Å². The molecule has 2 aliphatic rings. The minimum Gasteiger partial charge on any atom is -0.444 e. The zero-order valence-corrected chi connectivity index (χ0v) is 20.3. The van der Waals surface area contributed by atoms with Crippen molar-refractivity contribution >= 4 is 23.4 Å². The molecular weight excluding hydrogens is 434 g/mol. The summed E-state index contributed by atoms with van der Waals surface area (Å²) in [6.07, 6.45) is 3.32. The van der Waals surface area contributed by atoms with Crippen LogP contribution < -0.4 is 5.32 Å². The maximum atomic E-state index is 13.3. The normalized spacial score (nSPS) is 19.4. The molecule has 1 aliphatic heterocycles. The van der Waals surface area contributed by atoms with E-state index in [4.69, 9.17) is 9.47 Å². The largest absolute Gasteiger partial charge is 0.444 e. The number of ether oxygens (including phenoxy) is 2. The minimum atomic E-state index is -0.764. The van der Waals surface area contributed by atoms with Gasteiger partial charge < -0.3 is 14.8 Å². The van der Waals surface area contributed by atoms with Gasteiger partial charge in [0.15, 0.2) is 11.6 Å². The lowest BCUT2D eigenvalue weighted by atomic mass is 9.85. The number of hydrogen-bond donors (Lipinski definition) is 1. The average Bonchev–Trinajstić information content (AvgIpc) is 3.47. The summed E-state index contributed by atoms with van der Waals surface area (Å²) in [4.78, 5) is 51.3. The first kappa shape index (κ1) is 26.1. The van der Waals surface area contributed by atoms with Crippen molar-refractivity contribution in [2.45, 2.75) is 77.4 Å². The van der Waals surface area contributed by atoms with Gasteiger partial charge in [-0.25, -0.2) is 4.79 Å². The molecule has 34 heavy (non-hydrogen) atoms. The number of rotatable bonds is 14. The van der Waals surface area contributed by atoms with E-state index in [1.807, 2.05) is 44.2 Å². The molecule has 7 heteroatoms. The molecule has 0 radical (unpaired) electrons. The molecular formula is C27H37NO6. The highest BCUT2D eigenvalue weighted by atomic mass is 16.6. The van der Waals surface area contributed by atoms with Crippen molar-refractivity contribution in [3.63, 3.8) is 0 Å². The van der Waals surface area contributed by atoms with E-state index in [0.717, 1.165) is 18.4 Å². The fraction of sp³-hybridized carbons (Fsp3) is 0.630. The zero-order valence-electron chi connectivity index (χ0n) is 20.3. The lowest BCUT2D eigenvalue weighted by molar-refractivity contribution is -0.140. The van der Waals surface area contributed by atoms with E-state index in [2.05, 4.69) is 5.32 Å². The molecule has 1 heterocycles.